The van der Waals surface area contributed by atoms with Gasteiger partial charge in [-0.25, -0.2) is 9.78 Å². The summed E-state index contributed by atoms with van der Waals surface area (Å²) >= 11 is 0. The summed E-state index contributed by atoms with van der Waals surface area (Å²) < 4.78 is 4.87. The lowest BCUT2D eigenvalue weighted by molar-refractivity contribution is -0.128. The normalized spacial score (nSPS) is 9.95. The molecule has 0 saturated heterocycles. The van der Waals surface area contributed by atoms with E-state index < -0.39 is 5.97 Å². The van der Waals surface area contributed by atoms with Crippen molar-refractivity contribution in [2.75, 3.05) is 31.6 Å². The Bertz CT molecular complexity index is 441. The van der Waals surface area contributed by atoms with Crippen molar-refractivity contribution >= 4 is 17.7 Å². The maximum atomic E-state index is 11.8. The standard InChI is InChI=1S/C14H21N3O3/c1-4-17(5-2)13(18)10-16-12-8-7-11(9-15-12)14(19)20-6-3/h7-9H,4-6,10H2,1-3H3,(H,15,16). The van der Waals surface area contributed by atoms with Crippen molar-refractivity contribution < 1.29 is 14.3 Å². The number of hydrogen-bond donors (Lipinski definition) is 1. The highest BCUT2D eigenvalue weighted by Gasteiger charge is 2.10. The van der Waals surface area contributed by atoms with Gasteiger partial charge in [-0.3, -0.25) is 4.79 Å². The first kappa shape index (κ1) is 15.9. The average Bonchev–Trinajstić information content (AvgIpc) is 2.47. The Morgan fingerprint density at radius 3 is 2.45 bits per heavy atom. The van der Waals surface area contributed by atoms with Crippen LogP contribution in [0.2, 0.25) is 0 Å². The van der Waals surface area contributed by atoms with Crippen LogP contribution in [0.15, 0.2) is 18.3 Å². The summed E-state index contributed by atoms with van der Waals surface area (Å²) in [5, 5.41) is 2.94. The Morgan fingerprint density at radius 1 is 1.25 bits per heavy atom. The van der Waals surface area contributed by atoms with Crippen LogP contribution in [0.3, 0.4) is 0 Å². The van der Waals surface area contributed by atoms with Gasteiger partial charge in [0.2, 0.25) is 5.91 Å². The SMILES string of the molecule is CCOC(=O)c1ccc(NCC(=O)N(CC)CC)nc1. The van der Waals surface area contributed by atoms with E-state index in [1.807, 2.05) is 13.8 Å². The third-order valence-electron chi connectivity index (χ3n) is 2.81. The van der Waals surface area contributed by atoms with E-state index in [0.29, 0.717) is 31.1 Å². The van der Waals surface area contributed by atoms with Crippen molar-refractivity contribution in [2.45, 2.75) is 20.8 Å². The van der Waals surface area contributed by atoms with Crippen molar-refractivity contribution in [1.82, 2.24) is 9.88 Å². The molecule has 0 bridgehead atoms. The summed E-state index contributed by atoms with van der Waals surface area (Å²) in [6, 6.07) is 3.27. The molecule has 110 valence electrons. The fourth-order valence-electron chi connectivity index (χ4n) is 1.69. The number of aromatic nitrogens is 1. The van der Waals surface area contributed by atoms with E-state index in [1.165, 1.54) is 6.20 Å². The van der Waals surface area contributed by atoms with E-state index >= 15 is 0 Å². The third-order valence-corrected chi connectivity index (χ3v) is 2.81. The van der Waals surface area contributed by atoms with Gasteiger partial charge in [-0.2, -0.15) is 0 Å². The molecule has 0 unspecified atom stereocenters. The second kappa shape index (κ2) is 8.14. The summed E-state index contributed by atoms with van der Waals surface area (Å²) in [7, 11) is 0. The second-order valence-electron chi connectivity index (χ2n) is 4.07. The minimum absolute atomic E-state index is 0.0197. The van der Waals surface area contributed by atoms with Crippen molar-refractivity contribution in [1.29, 1.82) is 0 Å². The lowest BCUT2D eigenvalue weighted by atomic mass is 10.3. The molecule has 1 aromatic rings. The van der Waals surface area contributed by atoms with Gasteiger partial charge in [0, 0.05) is 19.3 Å². The van der Waals surface area contributed by atoms with Crippen molar-refractivity contribution in [2.24, 2.45) is 0 Å². The zero-order chi connectivity index (χ0) is 15.0. The summed E-state index contributed by atoms with van der Waals surface area (Å²) in [6.07, 6.45) is 1.43. The quantitative estimate of drug-likeness (QED) is 0.767. The first-order valence-electron chi connectivity index (χ1n) is 6.77. The predicted molar refractivity (Wildman–Crippen MR) is 76.6 cm³/mol. The first-order chi connectivity index (χ1) is 9.62. The van der Waals surface area contributed by atoms with E-state index in [0.717, 1.165) is 0 Å². The molecule has 0 aliphatic carbocycles. The van der Waals surface area contributed by atoms with Crippen molar-refractivity contribution in [3.63, 3.8) is 0 Å². The zero-order valence-electron chi connectivity index (χ0n) is 12.2. The van der Waals surface area contributed by atoms with Gasteiger partial charge >= 0.3 is 5.97 Å². The molecule has 0 radical (unpaired) electrons. The zero-order valence-corrected chi connectivity index (χ0v) is 12.2. The highest BCUT2D eigenvalue weighted by molar-refractivity contribution is 5.89. The monoisotopic (exact) mass is 279 g/mol. The molecular weight excluding hydrogens is 258 g/mol. The predicted octanol–water partition coefficient (Wildman–Crippen LogP) is 1.54. The van der Waals surface area contributed by atoms with Crippen LogP contribution < -0.4 is 5.32 Å². The van der Waals surface area contributed by atoms with E-state index in [2.05, 4.69) is 10.3 Å². The van der Waals surface area contributed by atoms with E-state index in [-0.39, 0.29) is 12.5 Å². The van der Waals surface area contributed by atoms with Crippen molar-refractivity contribution in [3.05, 3.63) is 23.9 Å². The lowest BCUT2D eigenvalue weighted by Crippen LogP contribution is -2.35. The molecule has 0 aliphatic rings. The third kappa shape index (κ3) is 4.53. The van der Waals surface area contributed by atoms with Gasteiger partial charge in [0.1, 0.15) is 5.82 Å². The molecule has 1 amide bonds. The molecule has 0 aromatic carbocycles. The van der Waals surface area contributed by atoms with Gasteiger partial charge < -0.3 is 15.0 Å². The number of carbonyl (C=O) groups excluding carboxylic acids is 2. The molecule has 1 N–H and O–H groups in total. The number of nitrogens with zero attached hydrogens (tertiary/aromatic N) is 2. The smallest absolute Gasteiger partial charge is 0.339 e. The molecular formula is C14H21N3O3. The number of nitrogens with one attached hydrogen (secondary N) is 1. The van der Waals surface area contributed by atoms with Gasteiger partial charge in [-0.15, -0.1) is 0 Å². The summed E-state index contributed by atoms with van der Waals surface area (Å²) in [5.41, 5.74) is 0.396. The molecule has 0 fully saturated rings. The number of anilines is 1. The number of ether oxygens (including phenoxy) is 1. The molecule has 0 atom stereocenters. The topological polar surface area (TPSA) is 71.5 Å². The second-order valence-corrected chi connectivity index (χ2v) is 4.07. The average molecular weight is 279 g/mol. The number of hydrogen-bond acceptors (Lipinski definition) is 5. The maximum absolute atomic E-state index is 11.8. The Hall–Kier alpha value is -2.11. The number of carbonyl (C=O) groups is 2. The maximum Gasteiger partial charge on any atom is 0.339 e. The van der Waals surface area contributed by atoms with E-state index in [4.69, 9.17) is 4.74 Å². The minimum Gasteiger partial charge on any atom is -0.462 e. The van der Waals surface area contributed by atoms with Crippen LogP contribution >= 0.6 is 0 Å². The summed E-state index contributed by atoms with van der Waals surface area (Å²) in [4.78, 5) is 29.1. The number of rotatable bonds is 7. The van der Waals surface area contributed by atoms with Gasteiger partial charge in [0.05, 0.1) is 18.7 Å². The van der Waals surface area contributed by atoms with Crippen LogP contribution in [0, 0.1) is 0 Å². The minimum atomic E-state index is -0.397. The molecule has 20 heavy (non-hydrogen) atoms. The summed E-state index contributed by atoms with van der Waals surface area (Å²) in [6.45, 7) is 7.52. The van der Waals surface area contributed by atoms with Crippen LogP contribution in [-0.2, 0) is 9.53 Å². The first-order valence-corrected chi connectivity index (χ1v) is 6.77. The summed E-state index contributed by atoms with van der Waals surface area (Å²) in [5.74, 6) is 0.176. The van der Waals surface area contributed by atoms with Crippen LogP contribution in [-0.4, -0.2) is 48.0 Å². The fraction of sp³-hybridized carbons (Fsp3) is 0.500. The number of pyridine rings is 1. The molecule has 0 spiro atoms. The molecule has 1 aromatic heterocycles. The fourth-order valence-corrected chi connectivity index (χ4v) is 1.69. The Balaban J connectivity index is 2.53. The highest BCUT2D eigenvalue weighted by atomic mass is 16.5. The van der Waals surface area contributed by atoms with Gasteiger partial charge in [-0.1, -0.05) is 0 Å². The van der Waals surface area contributed by atoms with Crippen LogP contribution in [0.5, 0.6) is 0 Å². The van der Waals surface area contributed by atoms with Crippen LogP contribution in [0.25, 0.3) is 0 Å². The molecule has 0 saturated carbocycles. The molecule has 1 rings (SSSR count). The largest absolute Gasteiger partial charge is 0.462 e. The lowest BCUT2D eigenvalue weighted by Gasteiger charge is -2.18. The molecule has 0 aliphatic heterocycles. The number of amides is 1. The van der Waals surface area contributed by atoms with Crippen LogP contribution in [0.4, 0.5) is 5.82 Å². The highest BCUT2D eigenvalue weighted by Crippen LogP contribution is 2.06. The number of likely N-dealkylation sites (N-methyl/N-ethyl adjacent to an activating group) is 1. The van der Waals surface area contributed by atoms with Gasteiger partial charge in [0.25, 0.3) is 0 Å². The Morgan fingerprint density at radius 2 is 1.95 bits per heavy atom. The van der Waals surface area contributed by atoms with Gasteiger partial charge in [0.15, 0.2) is 0 Å². The molecule has 6 heteroatoms. The van der Waals surface area contributed by atoms with E-state index in [1.54, 1.807) is 24.0 Å². The Labute approximate surface area is 119 Å². The number of esters is 1. The Kier molecular flexibility index (Phi) is 6.49. The van der Waals surface area contributed by atoms with E-state index in [9.17, 15) is 9.59 Å². The molecule has 6 nitrogen and oxygen atoms in total. The van der Waals surface area contributed by atoms with Gasteiger partial charge in [-0.05, 0) is 32.9 Å². The van der Waals surface area contributed by atoms with Crippen LogP contribution in [0.1, 0.15) is 31.1 Å². The molecule has 1 heterocycles. The van der Waals surface area contributed by atoms with Crippen molar-refractivity contribution in [3.8, 4) is 0 Å².